The first-order valence-electron chi connectivity index (χ1n) is 6.83. The molecule has 0 spiro atoms. The van der Waals surface area contributed by atoms with E-state index in [1.807, 2.05) is 6.92 Å². The largest absolute Gasteiger partial charge is 0.395 e. The van der Waals surface area contributed by atoms with E-state index >= 15 is 0 Å². The summed E-state index contributed by atoms with van der Waals surface area (Å²) in [5.74, 6) is 5.13. The Morgan fingerprint density at radius 3 is 2.90 bits per heavy atom. The van der Waals surface area contributed by atoms with E-state index in [0.717, 1.165) is 18.5 Å². The molecule has 108 valence electrons. The van der Waals surface area contributed by atoms with Crippen LogP contribution in [-0.2, 0) is 6.54 Å². The van der Waals surface area contributed by atoms with Crippen molar-refractivity contribution in [3.63, 3.8) is 0 Å². The molecule has 0 aromatic heterocycles. The van der Waals surface area contributed by atoms with Gasteiger partial charge in [0.05, 0.1) is 17.8 Å². The van der Waals surface area contributed by atoms with Gasteiger partial charge in [0.2, 0.25) is 0 Å². The van der Waals surface area contributed by atoms with Crippen LogP contribution in [0.3, 0.4) is 0 Å². The van der Waals surface area contributed by atoms with E-state index in [0.29, 0.717) is 25.1 Å². The summed E-state index contributed by atoms with van der Waals surface area (Å²) in [6, 6.07) is 4.92. The number of aliphatic hydroxyl groups is 2. The molecule has 2 rings (SSSR count). The monoisotopic (exact) mass is 277 g/mol. The van der Waals surface area contributed by atoms with E-state index in [9.17, 15) is 9.50 Å². The normalized spacial score (nSPS) is 22.6. The molecule has 4 heteroatoms. The first-order chi connectivity index (χ1) is 9.50. The highest BCUT2D eigenvalue weighted by atomic mass is 19.1. The van der Waals surface area contributed by atoms with Crippen LogP contribution in [0.2, 0.25) is 0 Å². The Hall–Kier alpha value is -1.41. The van der Waals surface area contributed by atoms with Gasteiger partial charge in [0.1, 0.15) is 5.82 Å². The van der Waals surface area contributed by atoms with E-state index < -0.39 is 5.60 Å². The number of hydrogen-bond acceptors (Lipinski definition) is 3. The van der Waals surface area contributed by atoms with Crippen LogP contribution in [-0.4, -0.2) is 40.4 Å². The molecule has 0 amide bonds. The maximum Gasteiger partial charge on any atom is 0.138 e. The zero-order valence-electron chi connectivity index (χ0n) is 11.7. The van der Waals surface area contributed by atoms with Gasteiger partial charge in [-0.1, -0.05) is 17.9 Å². The van der Waals surface area contributed by atoms with Crippen LogP contribution in [0.4, 0.5) is 4.39 Å². The lowest BCUT2D eigenvalue weighted by atomic mass is 10.1. The molecule has 1 heterocycles. The van der Waals surface area contributed by atoms with Gasteiger partial charge in [-0.15, -0.1) is 0 Å². The first kappa shape index (κ1) is 15.0. The Bertz CT molecular complexity index is 531. The molecule has 0 aliphatic carbocycles. The van der Waals surface area contributed by atoms with Crippen LogP contribution in [0.1, 0.15) is 30.9 Å². The number of nitrogens with zero attached hydrogens (tertiary/aromatic N) is 1. The maximum atomic E-state index is 13.6. The predicted molar refractivity (Wildman–Crippen MR) is 75.5 cm³/mol. The second kappa shape index (κ2) is 6.36. The summed E-state index contributed by atoms with van der Waals surface area (Å²) in [5.41, 5.74) is 0.725. The van der Waals surface area contributed by atoms with Crippen LogP contribution in [0.25, 0.3) is 0 Å². The predicted octanol–water partition coefficient (Wildman–Crippen LogP) is 1.52. The average molecular weight is 277 g/mol. The maximum absolute atomic E-state index is 13.6. The summed E-state index contributed by atoms with van der Waals surface area (Å²) >= 11 is 0. The Balaban J connectivity index is 2.06. The number of benzene rings is 1. The summed E-state index contributed by atoms with van der Waals surface area (Å²) in [7, 11) is 0. The van der Waals surface area contributed by atoms with Crippen LogP contribution < -0.4 is 0 Å². The van der Waals surface area contributed by atoms with Gasteiger partial charge in [0.15, 0.2) is 0 Å². The minimum Gasteiger partial charge on any atom is -0.395 e. The van der Waals surface area contributed by atoms with E-state index in [4.69, 9.17) is 5.11 Å². The molecule has 2 N–H and O–H groups in total. The lowest BCUT2D eigenvalue weighted by Crippen LogP contribution is -2.29. The van der Waals surface area contributed by atoms with Crippen LogP contribution >= 0.6 is 0 Å². The highest BCUT2D eigenvalue weighted by Gasteiger charge is 2.30. The number of β-amino-alcohol motifs (C(OH)–C–C–N with tert-alkyl or cyclic N) is 1. The lowest BCUT2D eigenvalue weighted by Gasteiger charge is -2.18. The third kappa shape index (κ3) is 4.04. The first-order valence-corrected chi connectivity index (χ1v) is 6.83. The van der Waals surface area contributed by atoms with Crippen LogP contribution in [0.15, 0.2) is 18.2 Å². The molecule has 20 heavy (non-hydrogen) atoms. The molecule has 1 fully saturated rings. The van der Waals surface area contributed by atoms with Crippen molar-refractivity contribution in [3.8, 4) is 11.8 Å². The van der Waals surface area contributed by atoms with Gasteiger partial charge < -0.3 is 10.2 Å². The van der Waals surface area contributed by atoms with E-state index in [-0.39, 0.29) is 12.4 Å². The lowest BCUT2D eigenvalue weighted by molar-refractivity contribution is 0.0679. The average Bonchev–Trinajstić information content (AvgIpc) is 2.73. The van der Waals surface area contributed by atoms with Gasteiger partial charge in [-0.3, -0.25) is 4.90 Å². The number of aliphatic hydroxyl groups excluding tert-OH is 1. The molecular formula is C16H20FNO2. The summed E-state index contributed by atoms with van der Waals surface area (Å²) in [5, 5.41) is 18.6. The fourth-order valence-corrected chi connectivity index (χ4v) is 2.41. The van der Waals surface area contributed by atoms with Gasteiger partial charge in [-0.2, -0.15) is 0 Å². The second-order valence-corrected chi connectivity index (χ2v) is 5.55. The third-order valence-electron chi connectivity index (χ3n) is 3.43. The summed E-state index contributed by atoms with van der Waals surface area (Å²) in [4.78, 5) is 2.15. The molecule has 1 aromatic carbocycles. The summed E-state index contributed by atoms with van der Waals surface area (Å²) in [6.07, 6.45) is 1.11. The van der Waals surface area contributed by atoms with E-state index in [1.54, 1.807) is 12.1 Å². The van der Waals surface area contributed by atoms with Gasteiger partial charge in [-0.25, -0.2) is 4.39 Å². The molecule has 0 bridgehead atoms. The summed E-state index contributed by atoms with van der Waals surface area (Å²) in [6.45, 7) is 3.98. The third-order valence-corrected chi connectivity index (χ3v) is 3.43. The van der Waals surface area contributed by atoms with Crippen molar-refractivity contribution in [3.05, 3.63) is 35.1 Å². The Labute approximate surface area is 119 Å². The molecule has 1 aromatic rings. The SMILES string of the molecule is CC1(O)CCN(Cc2ccc(F)c(C#CCCO)c2)C1. The van der Waals surface area contributed by atoms with Crippen molar-refractivity contribution in [1.82, 2.24) is 4.90 Å². The van der Waals surface area contributed by atoms with Crippen molar-refractivity contribution in [1.29, 1.82) is 0 Å². The zero-order valence-corrected chi connectivity index (χ0v) is 11.7. The van der Waals surface area contributed by atoms with E-state index in [1.165, 1.54) is 6.07 Å². The second-order valence-electron chi connectivity index (χ2n) is 5.55. The molecule has 1 aliphatic heterocycles. The molecule has 1 atom stereocenters. The smallest absolute Gasteiger partial charge is 0.138 e. The van der Waals surface area contributed by atoms with Crippen LogP contribution in [0, 0.1) is 17.7 Å². The number of likely N-dealkylation sites (tertiary alicyclic amines) is 1. The van der Waals surface area contributed by atoms with Crippen molar-refractivity contribution >= 4 is 0 Å². The molecule has 0 radical (unpaired) electrons. The van der Waals surface area contributed by atoms with Gasteiger partial charge in [0, 0.05) is 26.1 Å². The minimum absolute atomic E-state index is 0.0167. The highest BCUT2D eigenvalue weighted by molar-refractivity contribution is 5.38. The zero-order chi connectivity index (χ0) is 14.6. The minimum atomic E-state index is -0.621. The fourth-order valence-electron chi connectivity index (χ4n) is 2.41. The van der Waals surface area contributed by atoms with Crippen LogP contribution in [0.5, 0.6) is 0 Å². The Morgan fingerprint density at radius 1 is 1.45 bits per heavy atom. The van der Waals surface area contributed by atoms with Crippen molar-refractivity contribution < 1.29 is 14.6 Å². The number of halogens is 1. The summed E-state index contributed by atoms with van der Waals surface area (Å²) < 4.78 is 13.6. The van der Waals surface area contributed by atoms with Crippen molar-refractivity contribution in [2.75, 3.05) is 19.7 Å². The topological polar surface area (TPSA) is 43.7 Å². The number of rotatable bonds is 3. The highest BCUT2D eigenvalue weighted by Crippen LogP contribution is 2.22. The molecule has 1 saturated heterocycles. The quantitative estimate of drug-likeness (QED) is 0.823. The van der Waals surface area contributed by atoms with Gasteiger partial charge in [-0.05, 0) is 31.0 Å². The standard InChI is InChI=1S/C16H20FNO2/c1-16(20)7-8-18(12-16)11-13-5-6-15(17)14(10-13)4-2-3-9-19/h5-6,10,19-20H,3,7-9,11-12H2,1H3. The number of hydrogen-bond donors (Lipinski definition) is 2. The van der Waals surface area contributed by atoms with Gasteiger partial charge >= 0.3 is 0 Å². The molecule has 1 aliphatic rings. The van der Waals surface area contributed by atoms with Crippen molar-refractivity contribution in [2.45, 2.75) is 31.9 Å². The Kier molecular flexibility index (Phi) is 4.77. The molecule has 1 unspecified atom stereocenters. The molecule has 0 saturated carbocycles. The molecular weight excluding hydrogens is 257 g/mol. The van der Waals surface area contributed by atoms with E-state index in [2.05, 4.69) is 16.7 Å². The van der Waals surface area contributed by atoms with Crippen molar-refractivity contribution in [2.24, 2.45) is 0 Å². The molecule has 3 nitrogen and oxygen atoms in total. The fraction of sp³-hybridized carbons (Fsp3) is 0.500. The van der Waals surface area contributed by atoms with Gasteiger partial charge in [0.25, 0.3) is 0 Å². The Morgan fingerprint density at radius 2 is 2.25 bits per heavy atom.